The number of aliphatic carboxylic acids is 1. The topological polar surface area (TPSA) is 87.7 Å². The zero-order chi connectivity index (χ0) is 20.9. The second-order valence-corrected chi connectivity index (χ2v) is 7.72. The zero-order valence-electron chi connectivity index (χ0n) is 17.0. The number of carboxylic acids is 1. The molecule has 0 heterocycles. The van der Waals surface area contributed by atoms with Gasteiger partial charge in [-0.1, -0.05) is 30.3 Å². The van der Waals surface area contributed by atoms with Gasteiger partial charge < -0.3 is 20.5 Å². The average molecular weight is 384 g/mol. The summed E-state index contributed by atoms with van der Waals surface area (Å²) >= 11 is 0. The van der Waals surface area contributed by atoms with Gasteiger partial charge in [-0.3, -0.25) is 0 Å². The van der Waals surface area contributed by atoms with Crippen molar-refractivity contribution in [1.82, 2.24) is 5.32 Å². The van der Waals surface area contributed by atoms with Gasteiger partial charge in [-0.2, -0.15) is 0 Å². The summed E-state index contributed by atoms with van der Waals surface area (Å²) < 4.78 is 5.16. The van der Waals surface area contributed by atoms with E-state index < -0.39 is 23.7 Å². The van der Waals surface area contributed by atoms with E-state index in [0.29, 0.717) is 0 Å². The second kappa shape index (κ2) is 8.78. The number of hydrogen-bond acceptors (Lipinski definition) is 4. The molecule has 1 amide bonds. The monoisotopic (exact) mass is 384 g/mol. The molecule has 0 aliphatic carbocycles. The lowest BCUT2D eigenvalue weighted by molar-refractivity contribution is -0.139. The number of anilines is 1. The Balaban J connectivity index is 2.17. The molecule has 0 radical (unpaired) electrons. The number of benzene rings is 2. The molecule has 1 unspecified atom stereocenters. The molecule has 6 heteroatoms. The highest BCUT2D eigenvalue weighted by atomic mass is 16.6. The largest absolute Gasteiger partial charge is 0.480 e. The normalized spacial score (nSPS) is 12.2. The van der Waals surface area contributed by atoms with Crippen LogP contribution in [0.3, 0.4) is 0 Å². The van der Waals surface area contributed by atoms with Crippen LogP contribution in [0, 0.1) is 6.92 Å². The molecule has 1 atom stereocenters. The quantitative estimate of drug-likeness (QED) is 0.694. The van der Waals surface area contributed by atoms with E-state index in [1.54, 1.807) is 20.8 Å². The summed E-state index contributed by atoms with van der Waals surface area (Å²) in [5, 5.41) is 15.0. The first-order valence-electron chi connectivity index (χ1n) is 9.19. The van der Waals surface area contributed by atoms with Crippen molar-refractivity contribution in [2.75, 3.05) is 12.4 Å². The molecule has 0 bridgehead atoms. The molecule has 0 aliphatic rings. The summed E-state index contributed by atoms with van der Waals surface area (Å²) in [6.07, 6.45) is -0.566. The van der Waals surface area contributed by atoms with Gasteiger partial charge in [-0.15, -0.1) is 0 Å². The molecule has 0 aliphatic heterocycles. The van der Waals surface area contributed by atoms with Gasteiger partial charge in [0.1, 0.15) is 11.6 Å². The standard InChI is InChI=1S/C22H28N2O4/c1-14-11-15(9-10-18(14)16-7-6-8-17(13-16)23-5)12-19(20(25)26)24-21(27)28-22(2,3)4/h6-11,13,19,23H,12H2,1-5H3,(H,24,27)(H,25,26). The third kappa shape index (κ3) is 6.01. The molecule has 28 heavy (non-hydrogen) atoms. The van der Waals surface area contributed by atoms with E-state index in [1.165, 1.54) is 0 Å². The predicted octanol–water partition coefficient (Wildman–Crippen LogP) is 4.22. The molecule has 0 aromatic heterocycles. The van der Waals surface area contributed by atoms with E-state index in [2.05, 4.69) is 16.7 Å². The Hall–Kier alpha value is -3.02. The van der Waals surface area contributed by atoms with Gasteiger partial charge >= 0.3 is 12.1 Å². The van der Waals surface area contributed by atoms with E-state index in [-0.39, 0.29) is 6.42 Å². The molecule has 3 N–H and O–H groups in total. The van der Waals surface area contributed by atoms with Crippen molar-refractivity contribution >= 4 is 17.7 Å². The fraction of sp³-hybridized carbons (Fsp3) is 0.364. The fourth-order valence-electron chi connectivity index (χ4n) is 2.90. The maximum absolute atomic E-state index is 11.9. The number of carbonyl (C=O) groups is 2. The van der Waals surface area contributed by atoms with Gasteiger partial charge in [-0.05, 0) is 62.1 Å². The highest BCUT2D eigenvalue weighted by Gasteiger charge is 2.24. The van der Waals surface area contributed by atoms with Crippen LogP contribution >= 0.6 is 0 Å². The van der Waals surface area contributed by atoms with Crippen molar-refractivity contribution in [3.05, 3.63) is 53.6 Å². The molecular formula is C22H28N2O4. The average Bonchev–Trinajstić information content (AvgIpc) is 2.59. The lowest BCUT2D eigenvalue weighted by Crippen LogP contribution is -2.44. The number of rotatable bonds is 6. The van der Waals surface area contributed by atoms with Crippen molar-refractivity contribution < 1.29 is 19.4 Å². The van der Waals surface area contributed by atoms with Crippen molar-refractivity contribution in [2.45, 2.75) is 45.8 Å². The number of aryl methyl sites for hydroxylation is 1. The lowest BCUT2D eigenvalue weighted by Gasteiger charge is -2.22. The SMILES string of the molecule is CNc1cccc(-c2ccc(CC(NC(=O)OC(C)(C)C)C(=O)O)cc2C)c1. The molecule has 2 aromatic carbocycles. The van der Waals surface area contributed by atoms with Crippen molar-refractivity contribution in [3.63, 3.8) is 0 Å². The molecule has 0 fully saturated rings. The van der Waals surface area contributed by atoms with Crippen LogP contribution in [0.2, 0.25) is 0 Å². The number of ether oxygens (including phenoxy) is 1. The molecule has 0 saturated heterocycles. The number of hydrogen-bond donors (Lipinski definition) is 3. The molecule has 150 valence electrons. The van der Waals surface area contributed by atoms with Crippen LogP contribution in [0.1, 0.15) is 31.9 Å². The highest BCUT2D eigenvalue weighted by molar-refractivity contribution is 5.80. The number of amides is 1. The summed E-state index contributed by atoms with van der Waals surface area (Å²) in [6, 6.07) is 12.8. The summed E-state index contributed by atoms with van der Waals surface area (Å²) in [7, 11) is 1.87. The zero-order valence-corrected chi connectivity index (χ0v) is 17.0. The minimum atomic E-state index is -1.10. The number of carboxylic acid groups (broad SMARTS) is 1. The second-order valence-electron chi connectivity index (χ2n) is 7.72. The Morgan fingerprint density at radius 2 is 1.86 bits per heavy atom. The number of alkyl carbamates (subject to hydrolysis) is 1. The van der Waals surface area contributed by atoms with Gasteiger partial charge in [0, 0.05) is 19.2 Å². The smallest absolute Gasteiger partial charge is 0.408 e. The first kappa shape index (κ1) is 21.3. The Morgan fingerprint density at radius 3 is 2.43 bits per heavy atom. The third-order valence-electron chi connectivity index (χ3n) is 4.18. The van der Waals surface area contributed by atoms with Crippen molar-refractivity contribution in [2.24, 2.45) is 0 Å². The van der Waals surface area contributed by atoms with Crippen molar-refractivity contribution in [3.8, 4) is 11.1 Å². The van der Waals surface area contributed by atoms with E-state index in [0.717, 1.165) is 27.9 Å². The number of nitrogens with one attached hydrogen (secondary N) is 2. The summed E-state index contributed by atoms with van der Waals surface area (Å²) in [5.74, 6) is -1.10. The van der Waals surface area contributed by atoms with Gasteiger partial charge in [-0.25, -0.2) is 9.59 Å². The maximum atomic E-state index is 11.9. The Bertz CT molecular complexity index is 856. The highest BCUT2D eigenvalue weighted by Crippen LogP contribution is 2.27. The van der Waals surface area contributed by atoms with Crippen LogP contribution in [0.15, 0.2) is 42.5 Å². The molecular weight excluding hydrogens is 356 g/mol. The Kier molecular flexibility index (Phi) is 6.67. The third-order valence-corrected chi connectivity index (χ3v) is 4.18. The fourth-order valence-corrected chi connectivity index (χ4v) is 2.90. The van der Waals surface area contributed by atoms with Gasteiger partial charge in [0.25, 0.3) is 0 Å². The predicted molar refractivity (Wildman–Crippen MR) is 111 cm³/mol. The molecule has 6 nitrogen and oxygen atoms in total. The van der Waals surface area contributed by atoms with Crippen LogP contribution in [0.5, 0.6) is 0 Å². The first-order chi connectivity index (χ1) is 13.1. The van der Waals surface area contributed by atoms with Crippen LogP contribution in [-0.4, -0.2) is 35.9 Å². The number of carbonyl (C=O) groups excluding carboxylic acids is 1. The lowest BCUT2D eigenvalue weighted by atomic mass is 9.96. The Labute approximate surface area is 165 Å². The Morgan fingerprint density at radius 1 is 1.14 bits per heavy atom. The van der Waals surface area contributed by atoms with Crippen LogP contribution < -0.4 is 10.6 Å². The summed E-state index contributed by atoms with van der Waals surface area (Å²) in [6.45, 7) is 7.18. The van der Waals surface area contributed by atoms with E-state index in [1.807, 2.05) is 50.4 Å². The van der Waals surface area contributed by atoms with Crippen LogP contribution in [-0.2, 0) is 16.0 Å². The minimum Gasteiger partial charge on any atom is -0.480 e. The van der Waals surface area contributed by atoms with Crippen LogP contribution in [0.4, 0.5) is 10.5 Å². The maximum Gasteiger partial charge on any atom is 0.408 e. The van der Waals surface area contributed by atoms with E-state index in [9.17, 15) is 14.7 Å². The summed E-state index contributed by atoms with van der Waals surface area (Å²) in [5.41, 5.74) is 4.35. The van der Waals surface area contributed by atoms with E-state index >= 15 is 0 Å². The first-order valence-corrected chi connectivity index (χ1v) is 9.19. The van der Waals surface area contributed by atoms with Crippen LogP contribution in [0.25, 0.3) is 11.1 Å². The van der Waals surface area contributed by atoms with Gasteiger partial charge in [0.15, 0.2) is 0 Å². The summed E-state index contributed by atoms with van der Waals surface area (Å²) in [4.78, 5) is 23.5. The molecule has 2 aromatic rings. The van der Waals surface area contributed by atoms with Crippen molar-refractivity contribution in [1.29, 1.82) is 0 Å². The molecule has 0 saturated carbocycles. The molecule has 2 rings (SSSR count). The van der Waals surface area contributed by atoms with Gasteiger partial charge in [0.05, 0.1) is 0 Å². The molecule has 0 spiro atoms. The minimum absolute atomic E-state index is 0.173. The van der Waals surface area contributed by atoms with Gasteiger partial charge in [0.2, 0.25) is 0 Å². The van der Waals surface area contributed by atoms with E-state index in [4.69, 9.17) is 4.74 Å².